The number of likely N-dealkylation sites (N-methyl/N-ethyl adjacent to an activating group) is 1. The van der Waals surface area contributed by atoms with E-state index in [0.29, 0.717) is 18.4 Å². The second-order valence-electron chi connectivity index (χ2n) is 8.69. The van der Waals surface area contributed by atoms with E-state index in [9.17, 15) is 4.79 Å². The molecule has 0 saturated heterocycles. The molecule has 0 aliphatic heterocycles. The zero-order valence-electron chi connectivity index (χ0n) is 19.2. The summed E-state index contributed by atoms with van der Waals surface area (Å²) >= 11 is 0. The molecule has 0 aliphatic carbocycles. The molecule has 29 heavy (non-hydrogen) atoms. The lowest BCUT2D eigenvalue weighted by atomic mass is 9.92. The van der Waals surface area contributed by atoms with Gasteiger partial charge in [0, 0.05) is 31.0 Å². The molecule has 0 heterocycles. The van der Waals surface area contributed by atoms with Crippen molar-refractivity contribution in [1.82, 2.24) is 0 Å². The van der Waals surface area contributed by atoms with Gasteiger partial charge >= 0.3 is 0 Å². The molecule has 0 bridgehead atoms. The molecule has 0 saturated carbocycles. The van der Waals surface area contributed by atoms with E-state index in [4.69, 9.17) is 0 Å². The highest BCUT2D eigenvalue weighted by molar-refractivity contribution is 5.93. The van der Waals surface area contributed by atoms with Gasteiger partial charge in [0.05, 0.1) is 6.54 Å². The molecule has 2 rings (SSSR count). The van der Waals surface area contributed by atoms with Crippen LogP contribution in [0.15, 0.2) is 42.5 Å². The van der Waals surface area contributed by atoms with E-state index in [-0.39, 0.29) is 5.91 Å². The lowest BCUT2D eigenvalue weighted by Gasteiger charge is -2.22. The summed E-state index contributed by atoms with van der Waals surface area (Å²) in [6, 6.07) is 14.9. The van der Waals surface area contributed by atoms with E-state index in [0.717, 1.165) is 18.8 Å². The van der Waals surface area contributed by atoms with Crippen LogP contribution < -0.4 is 15.1 Å². The van der Waals surface area contributed by atoms with Gasteiger partial charge in [-0.15, -0.1) is 0 Å². The number of para-hydroxylation sites is 1. The van der Waals surface area contributed by atoms with E-state index >= 15 is 0 Å². The summed E-state index contributed by atoms with van der Waals surface area (Å²) in [6.45, 7) is 13.1. The highest BCUT2D eigenvalue weighted by Crippen LogP contribution is 2.32. The second kappa shape index (κ2) is 10.4. The van der Waals surface area contributed by atoms with Crippen LogP contribution in [0.3, 0.4) is 0 Å². The molecule has 0 spiro atoms. The Morgan fingerprint density at radius 3 is 1.97 bits per heavy atom. The topological polar surface area (TPSA) is 36.8 Å². The third kappa shape index (κ3) is 6.33. The van der Waals surface area contributed by atoms with Crippen LogP contribution in [-0.2, 0) is 11.3 Å². The maximum Gasteiger partial charge on any atom is 0.279 e. The molecule has 0 radical (unpaired) electrons. The Kier molecular flexibility index (Phi) is 8.27. The Balaban J connectivity index is 2.10. The van der Waals surface area contributed by atoms with Gasteiger partial charge in [-0.3, -0.25) is 4.79 Å². The summed E-state index contributed by atoms with van der Waals surface area (Å²) in [4.78, 5) is 16.3. The van der Waals surface area contributed by atoms with Gasteiger partial charge in [-0.05, 0) is 42.0 Å². The molecular weight excluding hydrogens is 358 g/mol. The summed E-state index contributed by atoms with van der Waals surface area (Å²) in [5, 5.41) is 3.25. The smallest absolute Gasteiger partial charge is 0.279 e. The minimum Gasteiger partial charge on any atom is -0.378 e. The Morgan fingerprint density at radius 2 is 1.52 bits per heavy atom. The number of anilines is 2. The van der Waals surface area contributed by atoms with Crippen molar-refractivity contribution in [3.8, 4) is 0 Å². The Morgan fingerprint density at radius 1 is 0.966 bits per heavy atom. The summed E-state index contributed by atoms with van der Waals surface area (Å²) in [5.41, 5.74) is 5.87. The van der Waals surface area contributed by atoms with Crippen LogP contribution in [0.4, 0.5) is 11.4 Å². The fourth-order valence-corrected chi connectivity index (χ4v) is 3.62. The van der Waals surface area contributed by atoms with E-state index in [1.807, 2.05) is 14.1 Å². The molecule has 1 amide bonds. The fraction of sp³-hybridized carbons (Fsp3) is 0.480. The van der Waals surface area contributed by atoms with Crippen LogP contribution in [0.5, 0.6) is 0 Å². The van der Waals surface area contributed by atoms with E-state index < -0.39 is 0 Å². The standard InChI is InChI=1S/C25H37N3O/c1-8-28(16-20-12-14-21(15-13-20)27(6)7)17-24(29)26-25-22(18(2)3)10-9-11-23(25)19(4)5/h9-15,18-19H,8,16-17H2,1-7H3,(H,26,29)/p+1. The van der Waals surface area contributed by atoms with Gasteiger partial charge in [-0.2, -0.15) is 0 Å². The van der Waals surface area contributed by atoms with Gasteiger partial charge in [0.2, 0.25) is 0 Å². The molecular formula is C25H38N3O+. The zero-order valence-corrected chi connectivity index (χ0v) is 19.2. The van der Waals surface area contributed by atoms with Crippen molar-refractivity contribution in [3.05, 3.63) is 59.2 Å². The van der Waals surface area contributed by atoms with E-state index in [1.54, 1.807) is 0 Å². The monoisotopic (exact) mass is 396 g/mol. The largest absolute Gasteiger partial charge is 0.378 e. The average Bonchev–Trinajstić information content (AvgIpc) is 2.67. The number of benzene rings is 2. The molecule has 158 valence electrons. The SMILES string of the molecule is CC[NH+](CC(=O)Nc1c(C(C)C)cccc1C(C)C)Cc1ccc(N(C)C)cc1. The Labute approximate surface area is 176 Å². The lowest BCUT2D eigenvalue weighted by molar-refractivity contribution is -0.903. The van der Waals surface area contributed by atoms with Gasteiger partial charge in [-0.25, -0.2) is 0 Å². The fourth-order valence-electron chi connectivity index (χ4n) is 3.62. The molecule has 1 atom stereocenters. The molecule has 1 unspecified atom stereocenters. The summed E-state index contributed by atoms with van der Waals surface area (Å²) in [5.74, 6) is 0.824. The first kappa shape index (κ1) is 23.0. The minimum absolute atomic E-state index is 0.0850. The summed E-state index contributed by atoms with van der Waals surface area (Å²) in [6.07, 6.45) is 0. The first-order valence-electron chi connectivity index (χ1n) is 10.7. The van der Waals surface area contributed by atoms with Crippen molar-refractivity contribution in [2.24, 2.45) is 0 Å². The van der Waals surface area contributed by atoms with E-state index in [1.165, 1.54) is 27.3 Å². The normalized spacial score (nSPS) is 12.3. The van der Waals surface area contributed by atoms with Crippen molar-refractivity contribution in [3.63, 3.8) is 0 Å². The predicted molar refractivity (Wildman–Crippen MR) is 124 cm³/mol. The average molecular weight is 397 g/mol. The third-order valence-corrected chi connectivity index (χ3v) is 5.45. The number of nitrogens with zero attached hydrogens (tertiary/aromatic N) is 1. The molecule has 0 aromatic heterocycles. The molecule has 2 aromatic carbocycles. The van der Waals surface area contributed by atoms with Crippen LogP contribution in [-0.4, -0.2) is 33.1 Å². The first-order valence-corrected chi connectivity index (χ1v) is 10.7. The molecule has 0 aliphatic rings. The molecule has 2 aromatic rings. The number of carbonyl (C=O) groups excluding carboxylic acids is 1. The van der Waals surface area contributed by atoms with Crippen molar-refractivity contribution in [1.29, 1.82) is 0 Å². The molecule has 2 N–H and O–H groups in total. The summed E-state index contributed by atoms with van der Waals surface area (Å²) in [7, 11) is 4.09. The van der Waals surface area contributed by atoms with Gasteiger partial charge in [0.25, 0.3) is 5.91 Å². The summed E-state index contributed by atoms with van der Waals surface area (Å²) < 4.78 is 0. The molecule has 0 fully saturated rings. The van der Waals surface area contributed by atoms with Crippen LogP contribution in [0.2, 0.25) is 0 Å². The Hall–Kier alpha value is -2.33. The van der Waals surface area contributed by atoms with E-state index in [2.05, 4.69) is 87.3 Å². The zero-order chi connectivity index (χ0) is 21.6. The number of hydrogen-bond acceptors (Lipinski definition) is 2. The number of hydrogen-bond donors (Lipinski definition) is 2. The highest BCUT2D eigenvalue weighted by atomic mass is 16.2. The number of quaternary nitrogens is 1. The van der Waals surface area contributed by atoms with Crippen LogP contribution in [0, 0.1) is 0 Å². The van der Waals surface area contributed by atoms with Gasteiger partial charge in [-0.1, -0.05) is 58.0 Å². The van der Waals surface area contributed by atoms with Crippen LogP contribution in [0.25, 0.3) is 0 Å². The maximum absolute atomic E-state index is 12.9. The number of amides is 1. The number of carbonyl (C=O) groups is 1. The lowest BCUT2D eigenvalue weighted by Crippen LogP contribution is -3.11. The van der Waals surface area contributed by atoms with Crippen molar-refractivity contribution < 1.29 is 9.69 Å². The van der Waals surface area contributed by atoms with Crippen LogP contribution in [0.1, 0.15) is 63.1 Å². The van der Waals surface area contributed by atoms with Gasteiger partial charge < -0.3 is 15.1 Å². The number of nitrogens with one attached hydrogen (secondary N) is 2. The van der Waals surface area contributed by atoms with Crippen LogP contribution >= 0.6 is 0 Å². The Bertz CT molecular complexity index is 768. The molecule has 4 nitrogen and oxygen atoms in total. The third-order valence-electron chi connectivity index (χ3n) is 5.45. The maximum atomic E-state index is 12.9. The second-order valence-corrected chi connectivity index (χ2v) is 8.69. The van der Waals surface area contributed by atoms with Gasteiger partial charge in [0.15, 0.2) is 6.54 Å². The first-order chi connectivity index (χ1) is 13.7. The van der Waals surface area contributed by atoms with Gasteiger partial charge in [0.1, 0.15) is 6.54 Å². The van der Waals surface area contributed by atoms with Crippen molar-refractivity contribution in [2.75, 3.05) is 37.4 Å². The molecule has 4 heteroatoms. The highest BCUT2D eigenvalue weighted by Gasteiger charge is 2.19. The minimum atomic E-state index is 0.0850. The predicted octanol–water partition coefficient (Wildman–Crippen LogP) is 4.04. The van der Waals surface area contributed by atoms with Crippen molar-refractivity contribution in [2.45, 2.75) is 53.0 Å². The number of rotatable bonds is 9. The van der Waals surface area contributed by atoms with Crippen molar-refractivity contribution >= 4 is 17.3 Å². The quantitative estimate of drug-likeness (QED) is 0.671.